The van der Waals surface area contributed by atoms with Gasteiger partial charge in [0.25, 0.3) is 5.91 Å². The average Bonchev–Trinajstić information content (AvgIpc) is 3.09. The number of rotatable bonds is 4. The van der Waals surface area contributed by atoms with Gasteiger partial charge in [0.05, 0.1) is 12.6 Å². The minimum atomic E-state index is -0.325. The van der Waals surface area contributed by atoms with Crippen molar-refractivity contribution < 1.29 is 9.21 Å². The van der Waals surface area contributed by atoms with Gasteiger partial charge in [-0.05, 0) is 43.0 Å². The molecule has 0 bridgehead atoms. The number of hydrogen-bond donors (Lipinski definition) is 1. The van der Waals surface area contributed by atoms with Gasteiger partial charge in [0, 0.05) is 7.05 Å². The molecule has 124 valence electrons. The van der Waals surface area contributed by atoms with E-state index in [0.717, 1.165) is 11.1 Å². The first-order valence-electron chi connectivity index (χ1n) is 7.62. The zero-order valence-corrected chi connectivity index (χ0v) is 14.1. The number of anilines is 1. The normalized spacial score (nSPS) is 10.8. The molecule has 1 amide bonds. The van der Waals surface area contributed by atoms with Crippen molar-refractivity contribution in [2.45, 2.75) is 27.2 Å². The third kappa shape index (κ3) is 3.19. The predicted molar refractivity (Wildman–Crippen MR) is 88.9 cm³/mol. The Hall–Kier alpha value is -2.96. The van der Waals surface area contributed by atoms with Crippen LogP contribution in [0.25, 0.3) is 0 Å². The number of nitrogens with one attached hydrogen (secondary N) is 1. The van der Waals surface area contributed by atoms with Crippen LogP contribution in [0.1, 0.15) is 38.6 Å². The summed E-state index contributed by atoms with van der Waals surface area (Å²) in [4.78, 5) is 12.3. The highest BCUT2D eigenvalue weighted by molar-refractivity contribution is 6.02. The third-order valence-electron chi connectivity index (χ3n) is 3.95. The molecule has 0 saturated heterocycles. The molecule has 24 heavy (non-hydrogen) atoms. The molecule has 0 radical (unpaired) electrons. The number of aromatic nitrogens is 4. The van der Waals surface area contributed by atoms with Gasteiger partial charge in [0.1, 0.15) is 5.69 Å². The number of nitrogens with zero attached hydrogens (tertiary/aromatic N) is 4. The average molecular weight is 325 g/mol. The quantitative estimate of drug-likeness (QED) is 0.797. The van der Waals surface area contributed by atoms with Crippen LogP contribution in [-0.2, 0) is 13.5 Å². The van der Waals surface area contributed by atoms with Crippen LogP contribution < -0.4 is 5.32 Å². The summed E-state index contributed by atoms with van der Waals surface area (Å²) >= 11 is 0. The van der Waals surface area contributed by atoms with E-state index >= 15 is 0 Å². The number of carbonyl (C=O) groups is 1. The van der Waals surface area contributed by atoms with E-state index in [-0.39, 0.29) is 11.9 Å². The smallest absolute Gasteiger partial charge is 0.322 e. The Morgan fingerprint density at radius 2 is 1.96 bits per heavy atom. The van der Waals surface area contributed by atoms with E-state index in [2.05, 4.69) is 46.6 Å². The first-order valence-corrected chi connectivity index (χ1v) is 7.62. The van der Waals surface area contributed by atoms with Crippen molar-refractivity contribution in [1.29, 1.82) is 0 Å². The van der Waals surface area contributed by atoms with Crippen LogP contribution >= 0.6 is 0 Å². The van der Waals surface area contributed by atoms with Crippen LogP contribution in [0.4, 0.5) is 6.01 Å². The Kier molecular flexibility index (Phi) is 4.16. The molecule has 0 aliphatic carbocycles. The van der Waals surface area contributed by atoms with Crippen molar-refractivity contribution >= 4 is 11.9 Å². The van der Waals surface area contributed by atoms with E-state index in [1.54, 1.807) is 13.2 Å². The highest BCUT2D eigenvalue weighted by Gasteiger charge is 2.17. The maximum atomic E-state index is 12.3. The molecule has 0 unspecified atom stereocenters. The van der Waals surface area contributed by atoms with Gasteiger partial charge in [0.2, 0.25) is 5.89 Å². The van der Waals surface area contributed by atoms with Gasteiger partial charge in [0.15, 0.2) is 0 Å². The van der Waals surface area contributed by atoms with E-state index in [0.29, 0.717) is 18.0 Å². The molecular weight excluding hydrogens is 306 g/mol. The van der Waals surface area contributed by atoms with Crippen LogP contribution in [0.3, 0.4) is 0 Å². The highest BCUT2D eigenvalue weighted by Crippen LogP contribution is 2.16. The maximum absolute atomic E-state index is 12.3. The first kappa shape index (κ1) is 15.9. The van der Waals surface area contributed by atoms with E-state index in [1.165, 1.54) is 15.8 Å². The lowest BCUT2D eigenvalue weighted by molar-refractivity contribution is 0.101. The molecule has 7 nitrogen and oxygen atoms in total. The van der Waals surface area contributed by atoms with Crippen molar-refractivity contribution in [3.05, 3.63) is 58.2 Å². The second kappa shape index (κ2) is 6.27. The van der Waals surface area contributed by atoms with Crippen LogP contribution in [0.5, 0.6) is 0 Å². The third-order valence-corrected chi connectivity index (χ3v) is 3.95. The van der Waals surface area contributed by atoms with Gasteiger partial charge >= 0.3 is 6.01 Å². The summed E-state index contributed by atoms with van der Waals surface area (Å²) in [6.07, 6.45) is 2.16. The lowest BCUT2D eigenvalue weighted by Crippen LogP contribution is -2.17. The van der Waals surface area contributed by atoms with E-state index in [1.807, 2.05) is 13.0 Å². The molecule has 0 saturated carbocycles. The molecular formula is C17H19N5O2. The molecule has 0 spiro atoms. The predicted octanol–water partition coefficient (Wildman–Crippen LogP) is 2.57. The van der Waals surface area contributed by atoms with E-state index < -0.39 is 0 Å². The molecule has 2 heterocycles. The van der Waals surface area contributed by atoms with Gasteiger partial charge in [-0.1, -0.05) is 23.3 Å². The lowest BCUT2D eigenvalue weighted by atomic mass is 10.0. The second-order valence-electron chi connectivity index (χ2n) is 5.85. The van der Waals surface area contributed by atoms with Crippen molar-refractivity contribution in [3.8, 4) is 0 Å². The zero-order valence-electron chi connectivity index (χ0n) is 14.1. The monoisotopic (exact) mass is 325 g/mol. The zero-order chi connectivity index (χ0) is 17.3. The fourth-order valence-electron chi connectivity index (χ4n) is 2.49. The molecule has 0 fully saturated rings. The molecule has 3 rings (SSSR count). The van der Waals surface area contributed by atoms with Crippen molar-refractivity contribution in [3.63, 3.8) is 0 Å². The van der Waals surface area contributed by atoms with Crippen LogP contribution in [0.2, 0.25) is 0 Å². The standard InChI is InChI=1S/C17H19N5O2/c1-10-5-6-13(7-11(10)2)8-14-20-21-17(24-14)19-16(23)15-12(3)9-18-22(15)4/h5-7,9H,8H2,1-4H3,(H,19,21,23). The Balaban J connectivity index is 1.71. The molecule has 2 aromatic heterocycles. The summed E-state index contributed by atoms with van der Waals surface area (Å²) < 4.78 is 7.03. The molecule has 0 aliphatic rings. The maximum Gasteiger partial charge on any atom is 0.322 e. The van der Waals surface area contributed by atoms with Crippen molar-refractivity contribution in [2.75, 3.05) is 5.32 Å². The van der Waals surface area contributed by atoms with Gasteiger partial charge in [-0.3, -0.25) is 14.8 Å². The van der Waals surface area contributed by atoms with Crippen molar-refractivity contribution in [2.24, 2.45) is 7.05 Å². The molecule has 1 aromatic carbocycles. The molecule has 7 heteroatoms. The minimum absolute atomic E-state index is 0.0828. The number of carbonyl (C=O) groups excluding carboxylic acids is 1. The topological polar surface area (TPSA) is 85.8 Å². The van der Waals surface area contributed by atoms with Crippen LogP contribution in [-0.4, -0.2) is 25.9 Å². The summed E-state index contributed by atoms with van der Waals surface area (Å²) in [5.41, 5.74) is 4.78. The van der Waals surface area contributed by atoms with Gasteiger partial charge in [-0.25, -0.2) is 0 Å². The fraction of sp³-hybridized carbons (Fsp3) is 0.294. The molecule has 0 atom stereocenters. The summed E-state index contributed by atoms with van der Waals surface area (Å²) in [5.74, 6) is 0.129. The van der Waals surface area contributed by atoms with E-state index in [4.69, 9.17) is 4.42 Å². The van der Waals surface area contributed by atoms with Crippen molar-refractivity contribution in [1.82, 2.24) is 20.0 Å². The van der Waals surface area contributed by atoms with Crippen LogP contribution in [0.15, 0.2) is 28.8 Å². The summed E-state index contributed by atoms with van der Waals surface area (Å²) in [6.45, 7) is 5.95. The summed E-state index contributed by atoms with van der Waals surface area (Å²) in [6, 6.07) is 6.27. The number of aryl methyl sites for hydroxylation is 4. The minimum Gasteiger partial charge on any atom is -0.407 e. The largest absolute Gasteiger partial charge is 0.407 e. The van der Waals surface area contributed by atoms with Gasteiger partial charge in [-0.2, -0.15) is 5.10 Å². The lowest BCUT2D eigenvalue weighted by Gasteiger charge is -2.03. The fourth-order valence-corrected chi connectivity index (χ4v) is 2.49. The highest BCUT2D eigenvalue weighted by atomic mass is 16.4. The summed E-state index contributed by atoms with van der Waals surface area (Å²) in [7, 11) is 1.71. The molecule has 3 aromatic rings. The number of amides is 1. The first-order chi connectivity index (χ1) is 11.4. The number of benzene rings is 1. The van der Waals surface area contributed by atoms with Gasteiger partial charge in [-0.15, -0.1) is 5.10 Å². The Morgan fingerprint density at radius 3 is 2.62 bits per heavy atom. The Morgan fingerprint density at radius 1 is 1.17 bits per heavy atom. The number of hydrogen-bond acceptors (Lipinski definition) is 5. The molecule has 0 aliphatic heterocycles. The Labute approximate surface area is 139 Å². The Bertz CT molecular complexity index is 875. The second-order valence-corrected chi connectivity index (χ2v) is 5.85. The van der Waals surface area contributed by atoms with Gasteiger partial charge < -0.3 is 4.42 Å². The van der Waals surface area contributed by atoms with E-state index in [9.17, 15) is 4.79 Å². The summed E-state index contributed by atoms with van der Waals surface area (Å²) in [5, 5.41) is 14.5. The van der Waals surface area contributed by atoms with Crippen LogP contribution in [0, 0.1) is 20.8 Å². The molecule has 1 N–H and O–H groups in total. The SMILES string of the molecule is Cc1ccc(Cc2nnc(NC(=O)c3c(C)cnn3C)o2)cc1C.